The van der Waals surface area contributed by atoms with Crippen LogP contribution in [0.15, 0.2) is 12.4 Å². The Morgan fingerprint density at radius 1 is 1.60 bits per heavy atom. The summed E-state index contributed by atoms with van der Waals surface area (Å²) >= 11 is 0. The van der Waals surface area contributed by atoms with Crippen LogP contribution in [0, 0.1) is 5.92 Å². The molecular formula is C12H21N3. The molecule has 1 fully saturated rings. The van der Waals surface area contributed by atoms with E-state index in [-0.39, 0.29) is 0 Å². The van der Waals surface area contributed by atoms with E-state index >= 15 is 0 Å². The van der Waals surface area contributed by atoms with Gasteiger partial charge in [-0.2, -0.15) is 5.10 Å². The normalized spacial score (nSPS) is 18.5. The minimum absolute atomic E-state index is 0.574. The monoisotopic (exact) mass is 207 g/mol. The Morgan fingerprint density at radius 3 is 2.93 bits per heavy atom. The van der Waals surface area contributed by atoms with E-state index in [4.69, 9.17) is 0 Å². The van der Waals surface area contributed by atoms with Gasteiger partial charge in [0.05, 0.1) is 11.9 Å². The molecular weight excluding hydrogens is 186 g/mol. The lowest BCUT2D eigenvalue weighted by molar-refractivity contribution is 0.286. The zero-order valence-corrected chi connectivity index (χ0v) is 9.74. The summed E-state index contributed by atoms with van der Waals surface area (Å²) in [6, 6.07) is 0.574. The molecule has 2 rings (SSSR count). The fourth-order valence-electron chi connectivity index (χ4n) is 2.18. The van der Waals surface area contributed by atoms with Crippen LogP contribution in [0.4, 0.5) is 5.69 Å². The van der Waals surface area contributed by atoms with Crippen molar-refractivity contribution < 1.29 is 0 Å². The van der Waals surface area contributed by atoms with Crippen LogP contribution in [0.25, 0.3) is 0 Å². The van der Waals surface area contributed by atoms with Gasteiger partial charge in [0.15, 0.2) is 0 Å². The van der Waals surface area contributed by atoms with Gasteiger partial charge in [0.25, 0.3) is 0 Å². The average Bonchev–Trinajstić information content (AvgIpc) is 2.59. The van der Waals surface area contributed by atoms with Crippen molar-refractivity contribution in [2.75, 3.05) is 5.32 Å². The second kappa shape index (κ2) is 4.69. The van der Waals surface area contributed by atoms with Gasteiger partial charge < -0.3 is 5.32 Å². The molecule has 15 heavy (non-hydrogen) atoms. The second-order valence-corrected chi connectivity index (χ2v) is 4.66. The van der Waals surface area contributed by atoms with Gasteiger partial charge in [-0.05, 0) is 26.2 Å². The summed E-state index contributed by atoms with van der Waals surface area (Å²) in [7, 11) is 0. The number of hydrogen-bond donors (Lipinski definition) is 1. The standard InChI is InChI=1S/C12H21N3/c1-3-15-9-12(8-13-15)14-10(2)7-11-5-4-6-11/h8-11,14H,3-7H2,1-2H3. The first-order valence-electron chi connectivity index (χ1n) is 6.07. The first-order valence-corrected chi connectivity index (χ1v) is 6.07. The summed E-state index contributed by atoms with van der Waals surface area (Å²) in [6.45, 7) is 5.31. The van der Waals surface area contributed by atoms with Crippen molar-refractivity contribution in [2.24, 2.45) is 5.92 Å². The maximum atomic E-state index is 4.26. The van der Waals surface area contributed by atoms with Crippen LogP contribution < -0.4 is 5.32 Å². The Hall–Kier alpha value is -0.990. The van der Waals surface area contributed by atoms with E-state index in [0.29, 0.717) is 6.04 Å². The summed E-state index contributed by atoms with van der Waals surface area (Å²) in [5, 5.41) is 7.77. The molecule has 1 aliphatic rings. The molecule has 1 saturated carbocycles. The number of aromatic nitrogens is 2. The Balaban J connectivity index is 1.79. The van der Waals surface area contributed by atoms with Crippen molar-refractivity contribution in [1.29, 1.82) is 0 Å². The SMILES string of the molecule is CCn1cc(NC(C)CC2CCC2)cn1. The topological polar surface area (TPSA) is 29.9 Å². The van der Waals surface area contributed by atoms with Gasteiger partial charge in [-0.15, -0.1) is 0 Å². The summed E-state index contributed by atoms with van der Waals surface area (Å²) in [5.41, 5.74) is 1.16. The molecule has 3 nitrogen and oxygen atoms in total. The number of aryl methyl sites for hydroxylation is 1. The van der Waals surface area contributed by atoms with Gasteiger partial charge in [-0.25, -0.2) is 0 Å². The van der Waals surface area contributed by atoms with Crippen LogP contribution in [-0.2, 0) is 6.54 Å². The number of rotatable bonds is 5. The molecule has 0 aliphatic heterocycles. The van der Waals surface area contributed by atoms with Crippen molar-refractivity contribution in [3.8, 4) is 0 Å². The molecule has 1 aliphatic carbocycles. The van der Waals surface area contributed by atoms with Crippen molar-refractivity contribution >= 4 is 5.69 Å². The molecule has 1 heterocycles. The smallest absolute Gasteiger partial charge is 0.0728 e. The Kier molecular flexibility index (Phi) is 3.29. The lowest BCUT2D eigenvalue weighted by atomic mass is 9.81. The van der Waals surface area contributed by atoms with Crippen LogP contribution in [0.3, 0.4) is 0 Å². The predicted octanol–water partition coefficient (Wildman–Crippen LogP) is 2.89. The Bertz CT molecular complexity index is 302. The van der Waals surface area contributed by atoms with Gasteiger partial charge in [-0.1, -0.05) is 19.3 Å². The molecule has 3 heteroatoms. The largest absolute Gasteiger partial charge is 0.380 e. The highest BCUT2D eigenvalue weighted by Crippen LogP contribution is 2.30. The molecule has 0 saturated heterocycles. The zero-order valence-electron chi connectivity index (χ0n) is 9.74. The molecule has 1 aromatic rings. The summed E-state index contributed by atoms with van der Waals surface area (Å²) in [6.07, 6.45) is 9.60. The quantitative estimate of drug-likeness (QED) is 0.804. The van der Waals surface area contributed by atoms with Crippen LogP contribution in [-0.4, -0.2) is 15.8 Å². The highest BCUT2D eigenvalue weighted by atomic mass is 15.3. The van der Waals surface area contributed by atoms with Gasteiger partial charge in [-0.3, -0.25) is 4.68 Å². The molecule has 1 N–H and O–H groups in total. The minimum Gasteiger partial charge on any atom is -0.380 e. The Morgan fingerprint density at radius 2 is 2.40 bits per heavy atom. The molecule has 0 aromatic carbocycles. The van der Waals surface area contributed by atoms with Crippen LogP contribution >= 0.6 is 0 Å². The van der Waals surface area contributed by atoms with Crippen molar-refractivity contribution in [2.45, 2.75) is 52.1 Å². The molecule has 84 valence electrons. The lowest BCUT2D eigenvalue weighted by Gasteiger charge is -2.28. The highest BCUT2D eigenvalue weighted by molar-refractivity contribution is 5.39. The molecule has 1 atom stereocenters. The Labute approximate surface area is 91.9 Å². The van der Waals surface area contributed by atoms with E-state index < -0.39 is 0 Å². The predicted molar refractivity (Wildman–Crippen MR) is 62.9 cm³/mol. The summed E-state index contributed by atoms with van der Waals surface area (Å²) in [4.78, 5) is 0. The van der Waals surface area contributed by atoms with Crippen molar-refractivity contribution in [3.05, 3.63) is 12.4 Å². The van der Waals surface area contributed by atoms with Gasteiger partial charge in [0.2, 0.25) is 0 Å². The van der Waals surface area contributed by atoms with Crippen molar-refractivity contribution in [1.82, 2.24) is 9.78 Å². The lowest BCUT2D eigenvalue weighted by Crippen LogP contribution is -2.23. The maximum Gasteiger partial charge on any atom is 0.0728 e. The first-order chi connectivity index (χ1) is 7.28. The van der Waals surface area contributed by atoms with E-state index in [0.717, 1.165) is 18.2 Å². The molecule has 0 amide bonds. The molecule has 0 bridgehead atoms. The summed E-state index contributed by atoms with van der Waals surface area (Å²) < 4.78 is 1.96. The third kappa shape index (κ3) is 2.74. The maximum absolute atomic E-state index is 4.26. The van der Waals surface area contributed by atoms with E-state index in [9.17, 15) is 0 Å². The third-order valence-electron chi connectivity index (χ3n) is 3.28. The summed E-state index contributed by atoms with van der Waals surface area (Å²) in [5.74, 6) is 0.966. The molecule has 0 spiro atoms. The number of nitrogens with zero attached hydrogens (tertiary/aromatic N) is 2. The molecule has 0 radical (unpaired) electrons. The van der Waals surface area contributed by atoms with E-state index in [2.05, 4.69) is 30.5 Å². The zero-order chi connectivity index (χ0) is 10.7. The number of hydrogen-bond acceptors (Lipinski definition) is 2. The third-order valence-corrected chi connectivity index (χ3v) is 3.28. The first kappa shape index (κ1) is 10.5. The van der Waals surface area contributed by atoms with Crippen LogP contribution in [0.5, 0.6) is 0 Å². The van der Waals surface area contributed by atoms with Crippen LogP contribution in [0.2, 0.25) is 0 Å². The van der Waals surface area contributed by atoms with Gasteiger partial charge >= 0.3 is 0 Å². The number of anilines is 1. The highest BCUT2D eigenvalue weighted by Gasteiger charge is 2.19. The van der Waals surface area contributed by atoms with E-state index in [1.807, 2.05) is 10.9 Å². The average molecular weight is 207 g/mol. The van der Waals surface area contributed by atoms with E-state index in [1.54, 1.807) is 0 Å². The fourth-order valence-corrected chi connectivity index (χ4v) is 2.18. The number of nitrogens with one attached hydrogen (secondary N) is 1. The fraction of sp³-hybridized carbons (Fsp3) is 0.750. The minimum atomic E-state index is 0.574. The second-order valence-electron chi connectivity index (χ2n) is 4.66. The van der Waals surface area contributed by atoms with Gasteiger partial charge in [0.1, 0.15) is 0 Å². The van der Waals surface area contributed by atoms with Crippen molar-refractivity contribution in [3.63, 3.8) is 0 Å². The molecule has 1 unspecified atom stereocenters. The van der Waals surface area contributed by atoms with Gasteiger partial charge in [0, 0.05) is 18.8 Å². The van der Waals surface area contributed by atoms with Crippen LogP contribution in [0.1, 0.15) is 39.5 Å². The molecule has 1 aromatic heterocycles. The van der Waals surface area contributed by atoms with E-state index in [1.165, 1.54) is 25.7 Å².